The Balaban J connectivity index is 1.83. The van der Waals surface area contributed by atoms with Gasteiger partial charge in [0, 0.05) is 35.8 Å². The summed E-state index contributed by atoms with van der Waals surface area (Å²) >= 11 is 1.78. The summed E-state index contributed by atoms with van der Waals surface area (Å²) in [6.45, 7) is 2.22. The Morgan fingerprint density at radius 1 is 1.29 bits per heavy atom. The number of nitrogens with zero attached hydrogens (tertiary/aromatic N) is 2. The Kier molecular flexibility index (Phi) is 3.16. The smallest absolute Gasteiger partial charge is 0.0976 e. The van der Waals surface area contributed by atoms with E-state index in [4.69, 9.17) is 4.98 Å². The van der Waals surface area contributed by atoms with E-state index in [2.05, 4.69) is 15.7 Å². The number of rotatable bonds is 2. The molecule has 2 aromatic rings. The standard InChI is InChI=1S/C13H15N3S/c1-2-11(8-15-5-1)13-16-12(9-17-13)10-3-6-14-7-4-10/h3-4,6-7,9,11,15H,1-2,5,8H2. The minimum atomic E-state index is 0.601. The van der Waals surface area contributed by atoms with Crippen LogP contribution in [0.25, 0.3) is 11.3 Å². The molecule has 0 bridgehead atoms. The predicted molar refractivity (Wildman–Crippen MR) is 70.2 cm³/mol. The van der Waals surface area contributed by atoms with E-state index in [1.165, 1.54) is 17.8 Å². The molecular weight excluding hydrogens is 230 g/mol. The van der Waals surface area contributed by atoms with E-state index < -0.39 is 0 Å². The third-order valence-corrected chi connectivity index (χ3v) is 4.15. The zero-order valence-electron chi connectivity index (χ0n) is 9.60. The molecule has 0 amide bonds. The molecule has 3 heterocycles. The summed E-state index contributed by atoms with van der Waals surface area (Å²) in [7, 11) is 0. The molecule has 0 radical (unpaired) electrons. The van der Waals surface area contributed by atoms with Gasteiger partial charge in [-0.2, -0.15) is 0 Å². The van der Waals surface area contributed by atoms with Crippen LogP contribution in [0.15, 0.2) is 29.9 Å². The third-order valence-electron chi connectivity index (χ3n) is 3.14. The molecule has 17 heavy (non-hydrogen) atoms. The maximum absolute atomic E-state index is 4.75. The molecule has 0 aromatic carbocycles. The average molecular weight is 245 g/mol. The molecule has 1 unspecified atom stereocenters. The second-order valence-electron chi connectivity index (χ2n) is 4.35. The molecule has 88 valence electrons. The Bertz CT molecular complexity index is 474. The molecule has 0 spiro atoms. The van der Waals surface area contributed by atoms with Crippen molar-refractivity contribution in [1.29, 1.82) is 0 Å². The van der Waals surface area contributed by atoms with Crippen molar-refractivity contribution >= 4 is 11.3 Å². The fourth-order valence-electron chi connectivity index (χ4n) is 2.19. The fourth-order valence-corrected chi connectivity index (χ4v) is 3.16. The third kappa shape index (κ3) is 2.37. The number of hydrogen-bond acceptors (Lipinski definition) is 4. The summed E-state index contributed by atoms with van der Waals surface area (Å²) in [6, 6.07) is 4.02. The molecule has 4 heteroatoms. The second kappa shape index (κ2) is 4.94. The van der Waals surface area contributed by atoms with Crippen LogP contribution < -0.4 is 5.32 Å². The fraction of sp³-hybridized carbons (Fsp3) is 0.385. The maximum Gasteiger partial charge on any atom is 0.0976 e. The topological polar surface area (TPSA) is 37.8 Å². The van der Waals surface area contributed by atoms with Gasteiger partial charge in [-0.1, -0.05) is 0 Å². The van der Waals surface area contributed by atoms with Crippen molar-refractivity contribution in [3.05, 3.63) is 34.9 Å². The molecule has 0 saturated carbocycles. The van der Waals surface area contributed by atoms with Crippen LogP contribution in [0.5, 0.6) is 0 Å². The number of piperidine rings is 1. The quantitative estimate of drug-likeness (QED) is 0.884. The monoisotopic (exact) mass is 245 g/mol. The summed E-state index contributed by atoms with van der Waals surface area (Å²) in [5, 5.41) is 6.86. The van der Waals surface area contributed by atoms with Gasteiger partial charge in [-0.3, -0.25) is 4.98 Å². The van der Waals surface area contributed by atoms with E-state index in [0.717, 1.165) is 24.3 Å². The number of thiazole rings is 1. The largest absolute Gasteiger partial charge is 0.316 e. The van der Waals surface area contributed by atoms with Gasteiger partial charge in [-0.25, -0.2) is 4.98 Å². The van der Waals surface area contributed by atoms with Crippen LogP contribution in [-0.4, -0.2) is 23.1 Å². The predicted octanol–water partition coefficient (Wildman–Crippen LogP) is 2.67. The summed E-state index contributed by atoms with van der Waals surface area (Å²) < 4.78 is 0. The highest BCUT2D eigenvalue weighted by Gasteiger charge is 2.18. The van der Waals surface area contributed by atoms with E-state index in [-0.39, 0.29) is 0 Å². The van der Waals surface area contributed by atoms with Gasteiger partial charge >= 0.3 is 0 Å². The van der Waals surface area contributed by atoms with Crippen LogP contribution in [-0.2, 0) is 0 Å². The molecule has 1 fully saturated rings. The van der Waals surface area contributed by atoms with Crippen LogP contribution >= 0.6 is 11.3 Å². The van der Waals surface area contributed by atoms with Gasteiger partial charge in [-0.05, 0) is 31.5 Å². The summed E-state index contributed by atoms with van der Waals surface area (Å²) in [4.78, 5) is 8.79. The van der Waals surface area contributed by atoms with Crippen molar-refractivity contribution in [2.24, 2.45) is 0 Å². The molecule has 1 aliphatic heterocycles. The number of pyridine rings is 1. The van der Waals surface area contributed by atoms with Crippen molar-refractivity contribution in [3.63, 3.8) is 0 Å². The molecule has 0 aliphatic carbocycles. The highest BCUT2D eigenvalue weighted by Crippen LogP contribution is 2.29. The van der Waals surface area contributed by atoms with E-state index in [9.17, 15) is 0 Å². The van der Waals surface area contributed by atoms with Crippen molar-refractivity contribution in [2.45, 2.75) is 18.8 Å². The minimum Gasteiger partial charge on any atom is -0.316 e. The first-order chi connectivity index (χ1) is 8.43. The zero-order chi connectivity index (χ0) is 11.5. The molecule has 2 aromatic heterocycles. The lowest BCUT2D eigenvalue weighted by atomic mass is 10.0. The molecule has 3 rings (SSSR count). The highest BCUT2D eigenvalue weighted by molar-refractivity contribution is 7.10. The first kappa shape index (κ1) is 10.9. The van der Waals surface area contributed by atoms with Gasteiger partial charge in [0.25, 0.3) is 0 Å². The lowest BCUT2D eigenvalue weighted by Gasteiger charge is -2.20. The molecule has 1 N–H and O–H groups in total. The van der Waals surface area contributed by atoms with Crippen molar-refractivity contribution in [1.82, 2.24) is 15.3 Å². The highest BCUT2D eigenvalue weighted by atomic mass is 32.1. The maximum atomic E-state index is 4.75. The summed E-state index contributed by atoms with van der Waals surface area (Å²) in [5.41, 5.74) is 2.24. The van der Waals surface area contributed by atoms with Crippen LogP contribution in [0.1, 0.15) is 23.8 Å². The Morgan fingerprint density at radius 2 is 2.18 bits per heavy atom. The molecule has 1 aliphatic rings. The Labute approximate surface area is 105 Å². The van der Waals surface area contributed by atoms with Crippen molar-refractivity contribution in [3.8, 4) is 11.3 Å². The van der Waals surface area contributed by atoms with Crippen LogP contribution in [0.2, 0.25) is 0 Å². The van der Waals surface area contributed by atoms with Gasteiger partial charge in [0.1, 0.15) is 0 Å². The SMILES string of the molecule is c1cc(-c2csc(C3CCCNC3)n2)ccn1. The zero-order valence-corrected chi connectivity index (χ0v) is 10.4. The van der Waals surface area contributed by atoms with E-state index >= 15 is 0 Å². The van der Waals surface area contributed by atoms with Crippen molar-refractivity contribution in [2.75, 3.05) is 13.1 Å². The van der Waals surface area contributed by atoms with Gasteiger partial charge in [0.2, 0.25) is 0 Å². The number of nitrogens with one attached hydrogen (secondary N) is 1. The van der Waals surface area contributed by atoms with Crippen molar-refractivity contribution < 1.29 is 0 Å². The first-order valence-corrected chi connectivity index (χ1v) is 6.88. The minimum absolute atomic E-state index is 0.601. The average Bonchev–Trinajstić information content (AvgIpc) is 2.90. The first-order valence-electron chi connectivity index (χ1n) is 6.00. The summed E-state index contributed by atoms with van der Waals surface area (Å²) in [6.07, 6.45) is 6.15. The second-order valence-corrected chi connectivity index (χ2v) is 5.24. The van der Waals surface area contributed by atoms with Gasteiger partial charge in [0.15, 0.2) is 0 Å². The number of hydrogen-bond donors (Lipinski definition) is 1. The lowest BCUT2D eigenvalue weighted by Crippen LogP contribution is -2.28. The molecule has 1 atom stereocenters. The normalized spacial score (nSPS) is 20.4. The van der Waals surface area contributed by atoms with E-state index in [1.807, 2.05) is 24.5 Å². The van der Waals surface area contributed by atoms with E-state index in [0.29, 0.717) is 5.92 Å². The number of aromatic nitrogens is 2. The Hall–Kier alpha value is -1.26. The Morgan fingerprint density at radius 3 is 2.94 bits per heavy atom. The lowest BCUT2D eigenvalue weighted by molar-refractivity contribution is 0.460. The van der Waals surface area contributed by atoms with Crippen LogP contribution in [0.4, 0.5) is 0 Å². The van der Waals surface area contributed by atoms with E-state index in [1.54, 1.807) is 11.3 Å². The van der Waals surface area contributed by atoms with Crippen LogP contribution in [0.3, 0.4) is 0 Å². The van der Waals surface area contributed by atoms with Gasteiger partial charge in [0.05, 0.1) is 10.7 Å². The van der Waals surface area contributed by atoms with Gasteiger partial charge in [-0.15, -0.1) is 11.3 Å². The summed E-state index contributed by atoms with van der Waals surface area (Å²) in [5.74, 6) is 0.601. The van der Waals surface area contributed by atoms with Crippen LogP contribution in [0, 0.1) is 0 Å². The molecule has 1 saturated heterocycles. The molecular formula is C13H15N3S. The molecule has 3 nitrogen and oxygen atoms in total. The van der Waals surface area contributed by atoms with Gasteiger partial charge < -0.3 is 5.32 Å².